The van der Waals surface area contributed by atoms with Gasteiger partial charge in [0.05, 0.1) is 5.92 Å². The van der Waals surface area contributed by atoms with E-state index in [-0.39, 0.29) is 12.1 Å². The molecule has 1 spiro atoms. The Bertz CT molecular complexity index is 436. The van der Waals surface area contributed by atoms with E-state index < -0.39 is 12.1 Å². The van der Waals surface area contributed by atoms with E-state index in [1.165, 1.54) is 0 Å². The van der Waals surface area contributed by atoms with Gasteiger partial charge in [-0.05, 0) is 31.2 Å². The fourth-order valence-electron chi connectivity index (χ4n) is 3.17. The molecule has 1 nitrogen and oxygen atoms in total. The van der Waals surface area contributed by atoms with Gasteiger partial charge in [-0.1, -0.05) is 30.3 Å². The monoisotopic (exact) mass is 269 g/mol. The van der Waals surface area contributed by atoms with E-state index in [1.54, 1.807) is 0 Å². The number of benzene rings is 1. The van der Waals surface area contributed by atoms with Crippen molar-refractivity contribution in [2.24, 2.45) is 5.92 Å². The molecule has 2 fully saturated rings. The van der Waals surface area contributed by atoms with E-state index in [0.717, 1.165) is 18.4 Å². The van der Waals surface area contributed by atoms with Crippen molar-refractivity contribution in [3.8, 4) is 0 Å². The van der Waals surface area contributed by atoms with Crippen LogP contribution in [-0.4, -0.2) is 23.2 Å². The standard InChI is InChI=1S/C15H18F3N/c16-15(17,18)13-6-7-14(8-9-14)19(11-13)10-12-4-2-1-3-5-12/h1-5,13H,6-11H2. The molecule has 19 heavy (non-hydrogen) atoms. The Hall–Kier alpha value is -1.03. The third-order valence-electron chi connectivity index (χ3n) is 4.58. The number of piperidine rings is 1. The molecule has 2 aliphatic rings. The van der Waals surface area contributed by atoms with Crippen LogP contribution in [0.3, 0.4) is 0 Å². The zero-order valence-electron chi connectivity index (χ0n) is 10.8. The smallest absolute Gasteiger partial charge is 0.293 e. The summed E-state index contributed by atoms with van der Waals surface area (Å²) in [6, 6.07) is 9.81. The van der Waals surface area contributed by atoms with Crippen LogP contribution in [0.4, 0.5) is 13.2 Å². The second-order valence-corrected chi connectivity index (χ2v) is 5.87. The topological polar surface area (TPSA) is 3.24 Å². The van der Waals surface area contributed by atoms with E-state index in [4.69, 9.17) is 0 Å². The number of alkyl halides is 3. The Morgan fingerprint density at radius 2 is 1.79 bits per heavy atom. The maximum Gasteiger partial charge on any atom is 0.393 e. The van der Waals surface area contributed by atoms with E-state index in [2.05, 4.69) is 4.90 Å². The first kappa shape index (κ1) is 13.0. The van der Waals surface area contributed by atoms with Gasteiger partial charge >= 0.3 is 6.18 Å². The highest BCUT2D eigenvalue weighted by Gasteiger charge is 2.54. The summed E-state index contributed by atoms with van der Waals surface area (Å²) in [6.07, 6.45) is -0.931. The molecule has 1 aliphatic carbocycles. The lowest BCUT2D eigenvalue weighted by Crippen LogP contribution is -2.48. The van der Waals surface area contributed by atoms with Crippen molar-refractivity contribution < 1.29 is 13.2 Å². The second-order valence-electron chi connectivity index (χ2n) is 5.87. The van der Waals surface area contributed by atoms with Crippen LogP contribution in [0.15, 0.2) is 30.3 Å². The highest BCUT2D eigenvalue weighted by atomic mass is 19.4. The third kappa shape index (κ3) is 2.64. The molecule has 1 aromatic carbocycles. The van der Waals surface area contributed by atoms with Crippen LogP contribution < -0.4 is 0 Å². The van der Waals surface area contributed by atoms with Gasteiger partial charge in [0.2, 0.25) is 0 Å². The number of hydrogen-bond acceptors (Lipinski definition) is 1. The minimum atomic E-state index is -4.05. The Morgan fingerprint density at radius 1 is 1.11 bits per heavy atom. The molecule has 0 bridgehead atoms. The molecule has 1 aliphatic heterocycles. The van der Waals surface area contributed by atoms with E-state index >= 15 is 0 Å². The average Bonchev–Trinajstić information content (AvgIpc) is 3.13. The number of halogens is 3. The highest BCUT2D eigenvalue weighted by molar-refractivity contribution is 5.17. The van der Waals surface area contributed by atoms with Crippen molar-refractivity contribution in [1.82, 2.24) is 4.90 Å². The number of rotatable bonds is 2. The minimum absolute atomic E-state index is 0.0809. The summed E-state index contributed by atoms with van der Waals surface area (Å²) < 4.78 is 38.7. The van der Waals surface area contributed by atoms with Crippen LogP contribution in [0.5, 0.6) is 0 Å². The first-order valence-electron chi connectivity index (χ1n) is 6.85. The van der Waals surface area contributed by atoms with Crippen molar-refractivity contribution in [3.05, 3.63) is 35.9 Å². The predicted octanol–water partition coefficient (Wildman–Crippen LogP) is 3.99. The fourth-order valence-corrected chi connectivity index (χ4v) is 3.17. The van der Waals surface area contributed by atoms with Gasteiger partial charge in [-0.3, -0.25) is 4.90 Å². The fraction of sp³-hybridized carbons (Fsp3) is 0.600. The summed E-state index contributed by atoms with van der Waals surface area (Å²) in [6.45, 7) is 0.811. The lowest BCUT2D eigenvalue weighted by Gasteiger charge is -2.41. The number of hydrogen-bond donors (Lipinski definition) is 0. The van der Waals surface area contributed by atoms with Crippen LogP contribution in [0.25, 0.3) is 0 Å². The van der Waals surface area contributed by atoms with E-state index in [0.29, 0.717) is 19.4 Å². The summed E-state index contributed by atoms with van der Waals surface area (Å²) in [5.74, 6) is -1.15. The first-order chi connectivity index (χ1) is 9.00. The van der Waals surface area contributed by atoms with Crippen LogP contribution in [0.1, 0.15) is 31.2 Å². The number of likely N-dealkylation sites (tertiary alicyclic amines) is 1. The quantitative estimate of drug-likeness (QED) is 0.784. The van der Waals surface area contributed by atoms with Crippen LogP contribution >= 0.6 is 0 Å². The average molecular weight is 269 g/mol. The van der Waals surface area contributed by atoms with Crippen molar-refractivity contribution in [2.75, 3.05) is 6.54 Å². The zero-order valence-corrected chi connectivity index (χ0v) is 10.8. The van der Waals surface area contributed by atoms with E-state index in [9.17, 15) is 13.2 Å². The van der Waals surface area contributed by atoms with Gasteiger partial charge < -0.3 is 0 Å². The maximum absolute atomic E-state index is 12.9. The molecule has 0 N–H and O–H groups in total. The third-order valence-corrected chi connectivity index (χ3v) is 4.58. The predicted molar refractivity (Wildman–Crippen MR) is 67.6 cm³/mol. The molecule has 3 rings (SSSR count). The largest absolute Gasteiger partial charge is 0.393 e. The van der Waals surface area contributed by atoms with Gasteiger partial charge in [0.15, 0.2) is 0 Å². The van der Waals surface area contributed by atoms with Gasteiger partial charge in [0, 0.05) is 18.6 Å². The SMILES string of the molecule is FC(F)(F)C1CCC2(CC2)N(Cc2ccccc2)C1. The van der Waals surface area contributed by atoms with Gasteiger partial charge in [0.25, 0.3) is 0 Å². The maximum atomic E-state index is 12.9. The van der Waals surface area contributed by atoms with Crippen LogP contribution in [0, 0.1) is 5.92 Å². The van der Waals surface area contributed by atoms with Crippen molar-refractivity contribution in [2.45, 2.75) is 43.9 Å². The number of nitrogens with zero attached hydrogens (tertiary/aromatic N) is 1. The molecule has 1 atom stereocenters. The molecule has 104 valence electrons. The van der Waals surface area contributed by atoms with Crippen molar-refractivity contribution in [3.63, 3.8) is 0 Å². The molecule has 1 saturated heterocycles. The molecule has 1 unspecified atom stereocenters. The first-order valence-corrected chi connectivity index (χ1v) is 6.85. The van der Waals surface area contributed by atoms with Gasteiger partial charge in [0.1, 0.15) is 0 Å². The summed E-state index contributed by atoms with van der Waals surface area (Å²) in [5.41, 5.74) is 1.19. The summed E-state index contributed by atoms with van der Waals surface area (Å²) in [4.78, 5) is 2.07. The van der Waals surface area contributed by atoms with Crippen LogP contribution in [0.2, 0.25) is 0 Å². The van der Waals surface area contributed by atoms with Gasteiger partial charge in [-0.2, -0.15) is 13.2 Å². The molecule has 0 radical (unpaired) electrons. The Labute approximate surface area is 111 Å². The molecule has 1 heterocycles. The lowest BCUT2D eigenvalue weighted by atomic mass is 9.90. The Balaban J connectivity index is 1.74. The molecule has 4 heteroatoms. The zero-order chi connectivity index (χ0) is 13.5. The highest BCUT2D eigenvalue weighted by Crippen LogP contribution is 2.52. The second kappa shape index (κ2) is 4.51. The summed E-state index contributed by atoms with van der Waals surface area (Å²) in [7, 11) is 0. The molecule has 1 saturated carbocycles. The summed E-state index contributed by atoms with van der Waals surface area (Å²) in [5, 5.41) is 0. The summed E-state index contributed by atoms with van der Waals surface area (Å²) >= 11 is 0. The Kier molecular flexibility index (Phi) is 3.08. The van der Waals surface area contributed by atoms with E-state index in [1.807, 2.05) is 30.3 Å². The molecular weight excluding hydrogens is 251 g/mol. The van der Waals surface area contributed by atoms with Gasteiger partial charge in [-0.15, -0.1) is 0 Å². The molecule has 1 aromatic rings. The molecule has 0 amide bonds. The Morgan fingerprint density at radius 3 is 2.37 bits per heavy atom. The van der Waals surface area contributed by atoms with Crippen molar-refractivity contribution in [1.29, 1.82) is 0 Å². The lowest BCUT2D eigenvalue weighted by molar-refractivity contribution is -0.192. The minimum Gasteiger partial charge on any atom is -0.293 e. The molecular formula is C15H18F3N. The molecule has 0 aromatic heterocycles. The van der Waals surface area contributed by atoms with Gasteiger partial charge in [-0.25, -0.2) is 0 Å². The van der Waals surface area contributed by atoms with Crippen LogP contribution in [-0.2, 0) is 6.54 Å². The normalized spacial score (nSPS) is 26.6. The van der Waals surface area contributed by atoms with Crippen molar-refractivity contribution >= 4 is 0 Å².